The van der Waals surface area contributed by atoms with Crippen molar-refractivity contribution < 1.29 is 14.6 Å². The largest absolute Gasteiger partial charge is 0.497 e. The molecule has 6 heteroatoms. The number of amides is 1. The summed E-state index contributed by atoms with van der Waals surface area (Å²) in [7, 11) is 1.61. The first-order valence-corrected chi connectivity index (χ1v) is 9.06. The van der Waals surface area contributed by atoms with E-state index in [0.29, 0.717) is 12.2 Å². The Morgan fingerprint density at radius 3 is 2.62 bits per heavy atom. The minimum absolute atomic E-state index is 0.124. The lowest BCUT2D eigenvalue weighted by Crippen LogP contribution is -2.48. The molecule has 0 radical (unpaired) electrons. The van der Waals surface area contributed by atoms with E-state index in [1.165, 1.54) is 0 Å². The van der Waals surface area contributed by atoms with Gasteiger partial charge in [-0.25, -0.2) is 4.98 Å². The molecule has 1 saturated heterocycles. The molecule has 0 unspecified atom stereocenters. The molecule has 2 atom stereocenters. The fourth-order valence-electron chi connectivity index (χ4n) is 3.59. The summed E-state index contributed by atoms with van der Waals surface area (Å²) in [5.74, 6) is 0.615. The predicted octanol–water partition coefficient (Wildman–Crippen LogP) is 2.98. The van der Waals surface area contributed by atoms with Crippen molar-refractivity contribution in [3.63, 3.8) is 0 Å². The van der Waals surface area contributed by atoms with Gasteiger partial charge in [0.1, 0.15) is 17.0 Å². The number of ether oxygens (including phenoxy) is 1. The molecule has 1 aliphatic heterocycles. The van der Waals surface area contributed by atoms with Crippen molar-refractivity contribution in [2.45, 2.75) is 51.3 Å². The molecule has 0 aliphatic carbocycles. The molecule has 26 heavy (non-hydrogen) atoms. The normalized spacial score (nSPS) is 19.6. The summed E-state index contributed by atoms with van der Waals surface area (Å²) >= 11 is 0. The minimum atomic E-state index is -1.14. The second kappa shape index (κ2) is 7.11. The van der Waals surface area contributed by atoms with E-state index in [2.05, 4.69) is 4.98 Å². The second-order valence-corrected chi connectivity index (χ2v) is 7.33. The molecular formula is C20H27N3O3. The summed E-state index contributed by atoms with van der Waals surface area (Å²) in [4.78, 5) is 19.0. The van der Waals surface area contributed by atoms with Crippen LogP contribution in [0.5, 0.6) is 5.75 Å². The number of hydrogen-bond donors (Lipinski definition) is 1. The van der Waals surface area contributed by atoms with Crippen LogP contribution in [0.15, 0.2) is 36.8 Å². The maximum Gasteiger partial charge on any atom is 0.274 e. The SMILES string of the molecule is COc1ccc([C@@](C)(O)[C@@H]2CCCN2C(=O)c2cn(C(C)C)cn2)cc1. The fraction of sp³-hybridized carbons (Fsp3) is 0.500. The molecule has 1 N–H and O–H groups in total. The Morgan fingerprint density at radius 2 is 2.04 bits per heavy atom. The Morgan fingerprint density at radius 1 is 1.35 bits per heavy atom. The van der Waals surface area contributed by atoms with E-state index >= 15 is 0 Å². The van der Waals surface area contributed by atoms with Crippen LogP contribution in [0.4, 0.5) is 0 Å². The highest BCUT2D eigenvalue weighted by atomic mass is 16.5. The number of carbonyl (C=O) groups excluding carboxylic acids is 1. The first-order valence-electron chi connectivity index (χ1n) is 9.06. The number of methoxy groups -OCH3 is 1. The summed E-state index contributed by atoms with van der Waals surface area (Å²) in [5.41, 5.74) is 0.0609. The Balaban J connectivity index is 1.84. The number of carbonyl (C=O) groups is 1. The van der Waals surface area contributed by atoms with Gasteiger partial charge < -0.3 is 19.3 Å². The van der Waals surface area contributed by atoms with Crippen molar-refractivity contribution in [3.05, 3.63) is 48.0 Å². The molecule has 140 valence electrons. The Bertz CT molecular complexity index is 765. The molecule has 2 aromatic rings. The van der Waals surface area contributed by atoms with Gasteiger partial charge in [-0.1, -0.05) is 12.1 Å². The van der Waals surface area contributed by atoms with Crippen LogP contribution in [0.1, 0.15) is 55.7 Å². The molecular weight excluding hydrogens is 330 g/mol. The quantitative estimate of drug-likeness (QED) is 0.893. The van der Waals surface area contributed by atoms with Gasteiger partial charge in [0.2, 0.25) is 0 Å². The molecule has 1 aromatic carbocycles. The number of imidazole rings is 1. The van der Waals surface area contributed by atoms with E-state index in [0.717, 1.165) is 24.2 Å². The van der Waals surface area contributed by atoms with Crippen molar-refractivity contribution in [3.8, 4) is 5.75 Å². The van der Waals surface area contributed by atoms with Crippen molar-refractivity contribution >= 4 is 5.91 Å². The maximum atomic E-state index is 13.0. The Kier molecular flexibility index (Phi) is 5.05. The number of likely N-dealkylation sites (tertiary alicyclic amines) is 1. The van der Waals surface area contributed by atoms with Crippen LogP contribution >= 0.6 is 0 Å². The first-order chi connectivity index (χ1) is 12.3. The van der Waals surface area contributed by atoms with Crippen LogP contribution in [0.25, 0.3) is 0 Å². The van der Waals surface area contributed by atoms with Crippen molar-refractivity contribution in [1.82, 2.24) is 14.5 Å². The molecule has 1 fully saturated rings. The average Bonchev–Trinajstić information content (AvgIpc) is 3.31. The Labute approximate surface area is 154 Å². The van der Waals surface area contributed by atoms with Gasteiger partial charge in [0.15, 0.2) is 0 Å². The molecule has 1 aromatic heterocycles. The van der Waals surface area contributed by atoms with Gasteiger partial charge in [0, 0.05) is 18.8 Å². The molecule has 1 amide bonds. The molecule has 0 saturated carbocycles. The molecule has 0 bridgehead atoms. The van der Waals surface area contributed by atoms with E-state index in [1.807, 2.05) is 42.7 Å². The highest BCUT2D eigenvalue weighted by molar-refractivity contribution is 5.92. The van der Waals surface area contributed by atoms with Gasteiger partial charge in [-0.15, -0.1) is 0 Å². The van der Waals surface area contributed by atoms with Crippen molar-refractivity contribution in [2.24, 2.45) is 0 Å². The van der Waals surface area contributed by atoms with Crippen LogP contribution in [0.3, 0.4) is 0 Å². The van der Waals surface area contributed by atoms with E-state index in [9.17, 15) is 9.90 Å². The molecule has 0 spiro atoms. The third kappa shape index (κ3) is 3.33. The number of rotatable bonds is 5. The highest BCUT2D eigenvalue weighted by Crippen LogP contribution is 2.36. The van der Waals surface area contributed by atoms with Crippen LogP contribution in [-0.4, -0.2) is 45.2 Å². The third-order valence-electron chi connectivity index (χ3n) is 5.25. The summed E-state index contributed by atoms with van der Waals surface area (Å²) in [5, 5.41) is 11.2. The zero-order chi connectivity index (χ0) is 18.9. The zero-order valence-electron chi connectivity index (χ0n) is 15.8. The van der Waals surface area contributed by atoms with E-state index in [4.69, 9.17) is 4.74 Å². The molecule has 2 heterocycles. The summed E-state index contributed by atoms with van der Waals surface area (Å²) in [6.45, 7) is 6.49. The lowest BCUT2D eigenvalue weighted by Gasteiger charge is -2.36. The standard InChI is InChI=1S/C20H27N3O3/c1-14(2)22-12-17(21-13-22)19(24)23-11-5-6-18(23)20(3,25)15-7-9-16(26-4)10-8-15/h7-10,12-14,18,25H,5-6,11H2,1-4H3/t18-,20+/m0/s1. The van der Waals surface area contributed by atoms with Crippen molar-refractivity contribution in [2.75, 3.05) is 13.7 Å². The van der Waals surface area contributed by atoms with Crippen LogP contribution in [-0.2, 0) is 5.60 Å². The smallest absolute Gasteiger partial charge is 0.274 e. The number of aromatic nitrogens is 2. The summed E-state index contributed by atoms with van der Waals surface area (Å²) in [6.07, 6.45) is 5.10. The topological polar surface area (TPSA) is 67.6 Å². The van der Waals surface area contributed by atoms with E-state index in [1.54, 1.807) is 31.5 Å². The molecule has 1 aliphatic rings. The summed E-state index contributed by atoms with van der Waals surface area (Å²) in [6, 6.07) is 7.33. The maximum absolute atomic E-state index is 13.0. The van der Waals surface area contributed by atoms with Gasteiger partial charge in [0.25, 0.3) is 5.91 Å². The predicted molar refractivity (Wildman–Crippen MR) is 99.2 cm³/mol. The molecule has 6 nitrogen and oxygen atoms in total. The van der Waals surface area contributed by atoms with Gasteiger partial charge in [0.05, 0.1) is 19.5 Å². The average molecular weight is 357 g/mol. The lowest BCUT2D eigenvalue weighted by atomic mass is 9.86. The van der Waals surface area contributed by atoms with Crippen LogP contribution in [0, 0.1) is 0 Å². The first kappa shape index (κ1) is 18.5. The van der Waals surface area contributed by atoms with Gasteiger partial charge in [-0.05, 0) is 51.3 Å². The highest BCUT2D eigenvalue weighted by Gasteiger charge is 2.43. The van der Waals surface area contributed by atoms with Crippen LogP contribution < -0.4 is 4.74 Å². The molecule has 3 rings (SSSR count). The number of aliphatic hydroxyl groups is 1. The number of nitrogens with zero attached hydrogens (tertiary/aromatic N) is 3. The number of benzene rings is 1. The van der Waals surface area contributed by atoms with Crippen molar-refractivity contribution in [1.29, 1.82) is 0 Å². The zero-order valence-corrected chi connectivity index (χ0v) is 15.8. The van der Waals surface area contributed by atoms with E-state index < -0.39 is 5.60 Å². The van der Waals surface area contributed by atoms with Crippen LogP contribution in [0.2, 0.25) is 0 Å². The fourth-order valence-corrected chi connectivity index (χ4v) is 3.59. The third-order valence-corrected chi connectivity index (χ3v) is 5.25. The monoisotopic (exact) mass is 357 g/mol. The Hall–Kier alpha value is -2.34. The van der Waals surface area contributed by atoms with Gasteiger partial charge in [-0.3, -0.25) is 4.79 Å². The lowest BCUT2D eigenvalue weighted by molar-refractivity contribution is -0.0179. The van der Waals surface area contributed by atoms with E-state index in [-0.39, 0.29) is 18.0 Å². The summed E-state index contributed by atoms with van der Waals surface area (Å²) < 4.78 is 7.11. The van der Waals surface area contributed by atoms with Gasteiger partial charge >= 0.3 is 0 Å². The van der Waals surface area contributed by atoms with Gasteiger partial charge in [-0.2, -0.15) is 0 Å². The second-order valence-electron chi connectivity index (χ2n) is 7.33. The minimum Gasteiger partial charge on any atom is -0.497 e. The number of hydrogen-bond acceptors (Lipinski definition) is 4.